The van der Waals surface area contributed by atoms with Crippen LogP contribution in [0.15, 0.2) is 60.7 Å². The average molecular weight is 237 g/mol. The summed E-state index contributed by atoms with van der Waals surface area (Å²) < 4.78 is 5.56. The Morgan fingerprint density at radius 2 is 1.56 bits per heavy atom. The third kappa shape index (κ3) is 3.86. The Labute approximate surface area is 109 Å². The molecule has 0 aliphatic heterocycles. The van der Waals surface area contributed by atoms with Gasteiger partial charge in [-0.1, -0.05) is 66.7 Å². The lowest BCUT2D eigenvalue weighted by atomic mass is 10.1. The first kappa shape index (κ1) is 12.6. The molecule has 0 aliphatic rings. The van der Waals surface area contributed by atoms with Crippen LogP contribution >= 0.6 is 0 Å². The number of hydrogen-bond donors (Lipinski definition) is 0. The summed E-state index contributed by atoms with van der Waals surface area (Å²) in [6.45, 7) is 4.42. The summed E-state index contributed by atoms with van der Waals surface area (Å²) in [5, 5.41) is 0. The largest absolute Gasteiger partial charge is 0.366 e. The summed E-state index contributed by atoms with van der Waals surface area (Å²) in [6.07, 6.45) is 4.11. The Hall–Kier alpha value is -1.86. The number of ether oxygens (including phenoxy) is 1. The first-order valence-corrected chi connectivity index (χ1v) is 6.10. The minimum absolute atomic E-state index is 0.609. The molecule has 1 radical (unpaired) electrons. The Morgan fingerprint density at radius 3 is 2.22 bits per heavy atom. The molecule has 0 saturated heterocycles. The van der Waals surface area contributed by atoms with Gasteiger partial charge in [-0.25, -0.2) is 0 Å². The molecule has 91 valence electrons. The number of rotatable bonds is 5. The Balaban J connectivity index is 1.83. The first-order chi connectivity index (χ1) is 8.88. The van der Waals surface area contributed by atoms with Crippen LogP contribution in [0.4, 0.5) is 0 Å². The monoisotopic (exact) mass is 237 g/mol. The van der Waals surface area contributed by atoms with Gasteiger partial charge in [0, 0.05) is 0 Å². The summed E-state index contributed by atoms with van der Waals surface area (Å²) in [6, 6.07) is 18.4. The van der Waals surface area contributed by atoms with E-state index in [1.807, 2.05) is 31.2 Å². The molecule has 2 aromatic rings. The van der Waals surface area contributed by atoms with Crippen LogP contribution < -0.4 is 0 Å². The van der Waals surface area contributed by atoms with Crippen molar-refractivity contribution < 1.29 is 4.74 Å². The van der Waals surface area contributed by atoms with E-state index in [1.165, 1.54) is 11.1 Å². The van der Waals surface area contributed by atoms with E-state index >= 15 is 0 Å². The summed E-state index contributed by atoms with van der Waals surface area (Å²) in [5.41, 5.74) is 3.47. The highest BCUT2D eigenvalue weighted by molar-refractivity contribution is 5.49. The Bertz CT molecular complexity index is 483. The molecule has 0 atom stereocenters. The number of allylic oxidation sites excluding steroid dienone is 1. The normalized spacial score (nSPS) is 10.9. The lowest BCUT2D eigenvalue weighted by Gasteiger charge is -2.04. The molecule has 0 fully saturated rings. The van der Waals surface area contributed by atoms with Crippen molar-refractivity contribution in [2.24, 2.45) is 0 Å². The SMILES string of the molecule is CC=Cc1ccc([CH]OCc2ccccc2)cc1. The molecule has 1 heteroatoms. The van der Waals surface area contributed by atoms with E-state index in [0.717, 1.165) is 5.56 Å². The van der Waals surface area contributed by atoms with E-state index in [4.69, 9.17) is 4.74 Å². The zero-order valence-electron chi connectivity index (χ0n) is 10.5. The van der Waals surface area contributed by atoms with Gasteiger partial charge in [0.1, 0.15) is 6.61 Å². The van der Waals surface area contributed by atoms with E-state index < -0.39 is 0 Å². The molecule has 1 nitrogen and oxygen atoms in total. The lowest BCUT2D eigenvalue weighted by molar-refractivity contribution is 0.199. The quantitative estimate of drug-likeness (QED) is 0.746. The predicted octanol–water partition coefficient (Wildman–Crippen LogP) is 4.45. The fourth-order valence-corrected chi connectivity index (χ4v) is 1.69. The van der Waals surface area contributed by atoms with Crippen molar-refractivity contribution in [2.75, 3.05) is 0 Å². The van der Waals surface area contributed by atoms with Crippen molar-refractivity contribution >= 4 is 6.08 Å². The smallest absolute Gasteiger partial charge is 0.113 e. The van der Waals surface area contributed by atoms with E-state index in [9.17, 15) is 0 Å². The zero-order chi connectivity index (χ0) is 12.6. The van der Waals surface area contributed by atoms with Gasteiger partial charge >= 0.3 is 0 Å². The van der Waals surface area contributed by atoms with Crippen LogP contribution in [0.25, 0.3) is 6.08 Å². The third-order valence-electron chi connectivity index (χ3n) is 2.61. The maximum absolute atomic E-state index is 5.56. The highest BCUT2D eigenvalue weighted by Gasteiger charge is 1.95. The molecule has 18 heavy (non-hydrogen) atoms. The zero-order valence-corrected chi connectivity index (χ0v) is 10.5. The van der Waals surface area contributed by atoms with Crippen molar-refractivity contribution in [3.8, 4) is 0 Å². The summed E-state index contributed by atoms with van der Waals surface area (Å²) >= 11 is 0. The highest BCUT2D eigenvalue weighted by Crippen LogP contribution is 2.10. The predicted molar refractivity (Wildman–Crippen MR) is 75.8 cm³/mol. The van der Waals surface area contributed by atoms with E-state index in [0.29, 0.717) is 6.61 Å². The van der Waals surface area contributed by atoms with Gasteiger partial charge in [0.15, 0.2) is 0 Å². The van der Waals surface area contributed by atoms with Gasteiger partial charge in [-0.15, -0.1) is 0 Å². The molecule has 2 rings (SSSR count). The van der Waals surface area contributed by atoms with Crippen LogP contribution in [0.5, 0.6) is 0 Å². The van der Waals surface area contributed by atoms with E-state index in [2.05, 4.69) is 42.5 Å². The van der Waals surface area contributed by atoms with Gasteiger partial charge in [-0.05, 0) is 23.6 Å². The highest BCUT2D eigenvalue weighted by atomic mass is 16.5. The fourth-order valence-electron chi connectivity index (χ4n) is 1.69. The van der Waals surface area contributed by atoms with Crippen LogP contribution in [0.3, 0.4) is 0 Å². The first-order valence-electron chi connectivity index (χ1n) is 6.10. The molecular formula is C17H17O. The van der Waals surface area contributed by atoms with Crippen LogP contribution in [0.1, 0.15) is 23.6 Å². The van der Waals surface area contributed by atoms with Crippen molar-refractivity contribution in [1.82, 2.24) is 0 Å². The van der Waals surface area contributed by atoms with Gasteiger partial charge < -0.3 is 4.74 Å². The second kappa shape index (κ2) is 6.77. The minimum atomic E-state index is 0.609. The molecule has 0 N–H and O–H groups in total. The van der Waals surface area contributed by atoms with Crippen molar-refractivity contribution in [2.45, 2.75) is 13.5 Å². The average Bonchev–Trinajstić information content (AvgIpc) is 2.42. The molecule has 0 saturated carbocycles. The van der Waals surface area contributed by atoms with Crippen molar-refractivity contribution in [3.05, 3.63) is 84.0 Å². The second-order valence-corrected chi connectivity index (χ2v) is 4.08. The van der Waals surface area contributed by atoms with Crippen LogP contribution in [-0.4, -0.2) is 0 Å². The number of hydrogen-bond acceptors (Lipinski definition) is 1. The van der Waals surface area contributed by atoms with Gasteiger partial charge in [0.25, 0.3) is 0 Å². The molecule has 0 aliphatic carbocycles. The standard InChI is InChI=1S/C17H17O/c1-2-6-15-9-11-17(12-10-15)14-18-13-16-7-4-3-5-8-16/h2-12,14H,13H2,1H3. The molecule has 2 aromatic carbocycles. The lowest BCUT2D eigenvalue weighted by Crippen LogP contribution is -1.91. The van der Waals surface area contributed by atoms with Gasteiger partial charge in [-0.2, -0.15) is 0 Å². The Morgan fingerprint density at radius 1 is 0.889 bits per heavy atom. The summed E-state index contributed by atoms with van der Waals surface area (Å²) in [5.74, 6) is 0. The molecule has 0 bridgehead atoms. The molecular weight excluding hydrogens is 220 g/mol. The van der Waals surface area contributed by atoms with Gasteiger partial charge in [-0.3, -0.25) is 0 Å². The third-order valence-corrected chi connectivity index (χ3v) is 2.61. The maximum Gasteiger partial charge on any atom is 0.113 e. The van der Waals surface area contributed by atoms with Gasteiger partial charge in [0.05, 0.1) is 6.61 Å². The molecule has 0 heterocycles. The fraction of sp³-hybridized carbons (Fsp3) is 0.118. The summed E-state index contributed by atoms with van der Waals surface area (Å²) in [7, 11) is 0. The molecule has 0 amide bonds. The molecule has 0 spiro atoms. The second-order valence-electron chi connectivity index (χ2n) is 4.08. The van der Waals surface area contributed by atoms with Crippen LogP contribution in [0, 0.1) is 6.61 Å². The molecule has 0 aromatic heterocycles. The van der Waals surface area contributed by atoms with Crippen LogP contribution in [-0.2, 0) is 11.3 Å². The number of benzene rings is 2. The van der Waals surface area contributed by atoms with Crippen LogP contribution in [0.2, 0.25) is 0 Å². The minimum Gasteiger partial charge on any atom is -0.366 e. The molecule has 0 unspecified atom stereocenters. The summed E-state index contributed by atoms with van der Waals surface area (Å²) in [4.78, 5) is 0. The van der Waals surface area contributed by atoms with Gasteiger partial charge in [0.2, 0.25) is 0 Å². The van der Waals surface area contributed by atoms with E-state index in [1.54, 1.807) is 6.61 Å². The maximum atomic E-state index is 5.56. The van der Waals surface area contributed by atoms with Crippen molar-refractivity contribution in [3.63, 3.8) is 0 Å². The van der Waals surface area contributed by atoms with E-state index in [-0.39, 0.29) is 0 Å². The topological polar surface area (TPSA) is 9.23 Å². The Kier molecular flexibility index (Phi) is 4.74. The van der Waals surface area contributed by atoms with Crippen molar-refractivity contribution in [1.29, 1.82) is 0 Å².